The van der Waals surface area contributed by atoms with E-state index in [0.29, 0.717) is 12.5 Å². The van der Waals surface area contributed by atoms with Crippen LogP contribution in [0.5, 0.6) is 0 Å². The fourth-order valence-corrected chi connectivity index (χ4v) is 4.24. The zero-order valence-corrected chi connectivity index (χ0v) is 20.8. The topological polar surface area (TPSA) is 34.1 Å². The Kier molecular flexibility index (Phi) is 10.3. The number of aliphatic imine (C=N–C) groups is 1. The average molecular weight is 553 g/mol. The Morgan fingerprint density at radius 2 is 1.77 bits per heavy atom. The number of benzene rings is 1. The summed E-state index contributed by atoms with van der Waals surface area (Å²) in [5.41, 5.74) is 0.324. The minimum atomic E-state index is -4.28. The van der Waals surface area contributed by atoms with Gasteiger partial charge in [-0.15, -0.1) is 24.0 Å². The molecule has 0 amide bonds. The van der Waals surface area contributed by atoms with Crippen LogP contribution in [0, 0.1) is 5.92 Å². The largest absolute Gasteiger partial charge is 0.416 e. The lowest BCUT2D eigenvalue weighted by molar-refractivity contribution is -0.137. The standard InChI is InChI=1S/C22H34F3N5.HI/c1-3-26-21(27-15-19-5-4-10-28(2)16-19)30-13-11-29(12-14-30)17-18-6-8-20(9-7-18)22(23,24)25;/h6-9,19H,3-5,10-17H2,1-2H3,(H,26,27);1H. The van der Waals surface area contributed by atoms with Gasteiger partial charge in [-0.25, -0.2) is 0 Å². The first-order chi connectivity index (χ1) is 14.3. The second-order valence-electron chi connectivity index (χ2n) is 8.42. The highest BCUT2D eigenvalue weighted by Gasteiger charge is 2.30. The average Bonchev–Trinajstić information content (AvgIpc) is 2.72. The quantitative estimate of drug-likeness (QED) is 0.343. The van der Waals surface area contributed by atoms with Gasteiger partial charge in [-0.3, -0.25) is 9.89 Å². The highest BCUT2D eigenvalue weighted by molar-refractivity contribution is 14.0. The van der Waals surface area contributed by atoms with E-state index < -0.39 is 11.7 Å². The summed E-state index contributed by atoms with van der Waals surface area (Å²) in [6, 6.07) is 5.51. The molecule has 2 fully saturated rings. The van der Waals surface area contributed by atoms with Crippen LogP contribution in [0.3, 0.4) is 0 Å². The number of piperidine rings is 1. The van der Waals surface area contributed by atoms with Crippen molar-refractivity contribution in [2.75, 3.05) is 59.4 Å². The van der Waals surface area contributed by atoms with E-state index in [2.05, 4.69) is 34.0 Å². The van der Waals surface area contributed by atoms with Crippen LogP contribution >= 0.6 is 24.0 Å². The molecule has 1 aromatic rings. The van der Waals surface area contributed by atoms with Gasteiger partial charge in [0.05, 0.1) is 5.56 Å². The molecule has 0 radical (unpaired) electrons. The van der Waals surface area contributed by atoms with Crippen molar-refractivity contribution >= 4 is 29.9 Å². The van der Waals surface area contributed by atoms with Gasteiger partial charge < -0.3 is 15.1 Å². The molecule has 1 atom stereocenters. The number of piperazine rings is 1. The van der Waals surface area contributed by atoms with Crippen LogP contribution in [-0.2, 0) is 12.7 Å². The summed E-state index contributed by atoms with van der Waals surface area (Å²) in [6.45, 7) is 10.3. The Hall–Kier alpha value is -1.07. The molecule has 0 bridgehead atoms. The number of halogens is 4. The summed E-state index contributed by atoms with van der Waals surface area (Å²) in [5.74, 6) is 1.61. The molecule has 31 heavy (non-hydrogen) atoms. The van der Waals surface area contributed by atoms with Crippen LogP contribution in [0.25, 0.3) is 0 Å². The second kappa shape index (κ2) is 12.2. The molecule has 2 aliphatic heterocycles. The summed E-state index contributed by atoms with van der Waals surface area (Å²) in [5, 5.41) is 3.43. The molecule has 9 heteroatoms. The Morgan fingerprint density at radius 1 is 1.10 bits per heavy atom. The number of nitrogens with zero attached hydrogens (tertiary/aromatic N) is 4. The van der Waals surface area contributed by atoms with Crippen molar-refractivity contribution in [3.8, 4) is 0 Å². The van der Waals surface area contributed by atoms with Crippen LogP contribution in [0.15, 0.2) is 29.3 Å². The van der Waals surface area contributed by atoms with E-state index in [-0.39, 0.29) is 24.0 Å². The number of likely N-dealkylation sites (tertiary alicyclic amines) is 1. The van der Waals surface area contributed by atoms with Gasteiger partial charge in [0.25, 0.3) is 0 Å². The Bertz CT molecular complexity index is 687. The molecule has 1 N–H and O–H groups in total. The van der Waals surface area contributed by atoms with Crippen molar-refractivity contribution in [1.29, 1.82) is 0 Å². The van der Waals surface area contributed by atoms with Crippen molar-refractivity contribution in [2.45, 2.75) is 32.5 Å². The van der Waals surface area contributed by atoms with E-state index in [1.807, 2.05) is 0 Å². The Morgan fingerprint density at radius 3 is 2.35 bits per heavy atom. The maximum atomic E-state index is 12.7. The molecular formula is C22H35F3IN5. The molecule has 1 aromatic carbocycles. The lowest BCUT2D eigenvalue weighted by atomic mass is 9.99. The van der Waals surface area contributed by atoms with E-state index >= 15 is 0 Å². The number of alkyl halides is 3. The van der Waals surface area contributed by atoms with Crippen LogP contribution in [0.2, 0.25) is 0 Å². The number of hydrogen-bond donors (Lipinski definition) is 1. The van der Waals surface area contributed by atoms with Crippen molar-refractivity contribution in [3.05, 3.63) is 35.4 Å². The molecular weight excluding hydrogens is 518 g/mol. The van der Waals surface area contributed by atoms with Crippen LogP contribution in [0.1, 0.15) is 30.9 Å². The van der Waals surface area contributed by atoms with Crippen LogP contribution < -0.4 is 5.32 Å². The smallest absolute Gasteiger partial charge is 0.357 e. The molecule has 0 saturated carbocycles. The molecule has 0 aliphatic carbocycles. The van der Waals surface area contributed by atoms with Gasteiger partial charge in [0.15, 0.2) is 5.96 Å². The molecule has 3 rings (SSSR count). The predicted octanol–water partition coefficient (Wildman–Crippen LogP) is 3.75. The lowest BCUT2D eigenvalue weighted by Crippen LogP contribution is -2.52. The summed E-state index contributed by atoms with van der Waals surface area (Å²) in [6.07, 6.45) is -1.79. The highest BCUT2D eigenvalue weighted by Crippen LogP contribution is 2.29. The molecule has 176 valence electrons. The second-order valence-corrected chi connectivity index (χ2v) is 8.42. The predicted molar refractivity (Wildman–Crippen MR) is 130 cm³/mol. The monoisotopic (exact) mass is 553 g/mol. The summed E-state index contributed by atoms with van der Waals surface area (Å²) in [7, 11) is 2.18. The van der Waals surface area contributed by atoms with Gasteiger partial charge in [-0.1, -0.05) is 12.1 Å². The van der Waals surface area contributed by atoms with Crippen molar-refractivity contribution in [3.63, 3.8) is 0 Å². The first-order valence-corrected chi connectivity index (χ1v) is 11.0. The van der Waals surface area contributed by atoms with E-state index in [1.54, 1.807) is 12.1 Å². The first kappa shape index (κ1) is 26.2. The van der Waals surface area contributed by atoms with E-state index in [0.717, 1.165) is 57.3 Å². The third kappa shape index (κ3) is 8.09. The van der Waals surface area contributed by atoms with Crippen LogP contribution in [-0.4, -0.2) is 80.1 Å². The third-order valence-corrected chi connectivity index (χ3v) is 5.92. The summed E-state index contributed by atoms with van der Waals surface area (Å²) >= 11 is 0. The maximum absolute atomic E-state index is 12.7. The lowest BCUT2D eigenvalue weighted by Gasteiger charge is -2.37. The fraction of sp³-hybridized carbons (Fsp3) is 0.682. The minimum Gasteiger partial charge on any atom is -0.357 e. The normalized spacial score (nSPS) is 21.6. The Balaban J connectivity index is 0.00000341. The van der Waals surface area contributed by atoms with E-state index in [1.165, 1.54) is 31.5 Å². The van der Waals surface area contributed by atoms with E-state index in [4.69, 9.17) is 4.99 Å². The number of rotatable bonds is 5. The molecule has 2 heterocycles. The Labute approximate surface area is 201 Å². The summed E-state index contributed by atoms with van der Waals surface area (Å²) in [4.78, 5) is 11.9. The third-order valence-electron chi connectivity index (χ3n) is 5.92. The van der Waals surface area contributed by atoms with Crippen molar-refractivity contribution in [1.82, 2.24) is 20.0 Å². The number of guanidine groups is 1. The van der Waals surface area contributed by atoms with Gasteiger partial charge in [0.1, 0.15) is 0 Å². The molecule has 2 saturated heterocycles. The number of hydrogen-bond acceptors (Lipinski definition) is 3. The summed E-state index contributed by atoms with van der Waals surface area (Å²) < 4.78 is 38.2. The van der Waals surface area contributed by atoms with Gasteiger partial charge in [-0.05, 0) is 57.0 Å². The minimum absolute atomic E-state index is 0. The van der Waals surface area contributed by atoms with Gasteiger partial charge in [0, 0.05) is 52.4 Å². The molecule has 5 nitrogen and oxygen atoms in total. The maximum Gasteiger partial charge on any atom is 0.416 e. The molecule has 0 aromatic heterocycles. The van der Waals surface area contributed by atoms with Crippen molar-refractivity contribution in [2.24, 2.45) is 10.9 Å². The van der Waals surface area contributed by atoms with Crippen molar-refractivity contribution < 1.29 is 13.2 Å². The fourth-order valence-electron chi connectivity index (χ4n) is 4.24. The van der Waals surface area contributed by atoms with Gasteiger partial charge >= 0.3 is 6.18 Å². The molecule has 1 unspecified atom stereocenters. The number of nitrogens with one attached hydrogen (secondary N) is 1. The zero-order valence-electron chi connectivity index (χ0n) is 18.5. The SMILES string of the molecule is CCNC(=NCC1CCCN(C)C1)N1CCN(Cc2ccc(C(F)(F)F)cc2)CC1.I. The molecule has 2 aliphatic rings. The zero-order chi connectivity index (χ0) is 21.6. The van der Waals surface area contributed by atoms with Gasteiger partial charge in [0.2, 0.25) is 0 Å². The first-order valence-electron chi connectivity index (χ1n) is 11.0. The van der Waals surface area contributed by atoms with Gasteiger partial charge in [-0.2, -0.15) is 13.2 Å². The highest BCUT2D eigenvalue weighted by atomic mass is 127. The molecule has 0 spiro atoms. The van der Waals surface area contributed by atoms with Crippen LogP contribution in [0.4, 0.5) is 13.2 Å². The van der Waals surface area contributed by atoms with E-state index in [9.17, 15) is 13.2 Å².